The Bertz CT molecular complexity index is 295. The van der Waals surface area contributed by atoms with Gasteiger partial charge in [-0.3, -0.25) is 9.59 Å². The topological polar surface area (TPSA) is 117 Å². The van der Waals surface area contributed by atoms with Gasteiger partial charge in [-0.25, -0.2) is 4.79 Å². The van der Waals surface area contributed by atoms with E-state index in [2.05, 4.69) is 16.0 Å². The molecular weight excluding hydrogens is 242 g/mol. The van der Waals surface area contributed by atoms with E-state index < -0.39 is 24.5 Å². The van der Waals surface area contributed by atoms with Gasteiger partial charge in [-0.15, -0.1) is 0 Å². The van der Waals surface area contributed by atoms with Crippen molar-refractivity contribution in [1.29, 1.82) is 0 Å². The molecule has 0 spiro atoms. The van der Waals surface area contributed by atoms with Crippen LogP contribution in [0.1, 0.15) is 13.3 Å². The van der Waals surface area contributed by atoms with Crippen molar-refractivity contribution in [3.8, 4) is 0 Å². The summed E-state index contributed by atoms with van der Waals surface area (Å²) in [6.07, 6.45) is 0.701. The van der Waals surface area contributed by atoms with Crippen LogP contribution in [0.2, 0.25) is 0 Å². The lowest BCUT2D eigenvalue weighted by Gasteiger charge is -2.16. The molecule has 0 saturated carbocycles. The van der Waals surface area contributed by atoms with Gasteiger partial charge in [-0.2, -0.15) is 0 Å². The monoisotopic (exact) mass is 261 g/mol. The highest BCUT2D eigenvalue weighted by Crippen LogP contribution is 1.90. The number of ether oxygens (including phenoxy) is 1. The summed E-state index contributed by atoms with van der Waals surface area (Å²) >= 11 is 0. The highest BCUT2D eigenvalue weighted by atomic mass is 16.5. The number of rotatable bonds is 8. The Morgan fingerprint density at radius 2 is 1.89 bits per heavy atom. The quantitative estimate of drug-likeness (QED) is 0.443. The summed E-state index contributed by atoms with van der Waals surface area (Å²) in [5.41, 5.74) is 0. The molecule has 8 heteroatoms. The van der Waals surface area contributed by atoms with E-state index in [9.17, 15) is 14.4 Å². The van der Waals surface area contributed by atoms with E-state index in [1.807, 2.05) is 6.92 Å². The number of methoxy groups -OCH3 is 1. The van der Waals surface area contributed by atoms with E-state index in [-0.39, 0.29) is 12.6 Å². The second-order valence-corrected chi connectivity index (χ2v) is 3.56. The summed E-state index contributed by atoms with van der Waals surface area (Å²) in [4.78, 5) is 32.6. The molecule has 0 aromatic rings. The zero-order valence-electron chi connectivity index (χ0n) is 10.5. The van der Waals surface area contributed by atoms with Crippen LogP contribution >= 0.6 is 0 Å². The van der Waals surface area contributed by atoms with Gasteiger partial charge < -0.3 is 25.8 Å². The van der Waals surface area contributed by atoms with Crippen LogP contribution in [0, 0.1) is 0 Å². The molecule has 0 fully saturated rings. The van der Waals surface area contributed by atoms with E-state index in [0.29, 0.717) is 13.0 Å². The average Bonchev–Trinajstić information content (AvgIpc) is 2.33. The molecule has 0 aromatic heterocycles. The number of carbonyl (C=O) groups is 3. The van der Waals surface area contributed by atoms with Crippen LogP contribution in [-0.4, -0.2) is 55.9 Å². The summed E-state index contributed by atoms with van der Waals surface area (Å²) in [5.74, 6) is -1.70. The number of carboxylic acids is 1. The Morgan fingerprint density at radius 3 is 2.39 bits per heavy atom. The second kappa shape index (κ2) is 9.23. The molecule has 8 nitrogen and oxygen atoms in total. The van der Waals surface area contributed by atoms with E-state index in [1.165, 1.54) is 7.11 Å². The third kappa shape index (κ3) is 8.34. The normalized spacial score (nSPS) is 11.4. The molecule has 0 aliphatic rings. The van der Waals surface area contributed by atoms with Gasteiger partial charge in [0.1, 0.15) is 6.54 Å². The Hall–Kier alpha value is -1.83. The van der Waals surface area contributed by atoms with Crippen LogP contribution in [0.5, 0.6) is 0 Å². The molecule has 0 aliphatic heterocycles. The number of aliphatic carboxylic acids is 1. The lowest BCUT2D eigenvalue weighted by molar-refractivity contribution is -0.137. The SMILES string of the molecule is CCC(COC)NC(=O)NCC(=O)NCC(=O)O. The highest BCUT2D eigenvalue weighted by Gasteiger charge is 2.11. The Morgan fingerprint density at radius 1 is 1.22 bits per heavy atom. The summed E-state index contributed by atoms with van der Waals surface area (Å²) in [5, 5.41) is 15.4. The predicted octanol–water partition coefficient (Wildman–Crippen LogP) is -1.09. The first-order valence-corrected chi connectivity index (χ1v) is 5.51. The third-order valence-electron chi connectivity index (χ3n) is 2.04. The molecule has 3 amide bonds. The van der Waals surface area contributed by atoms with Crippen molar-refractivity contribution in [3.05, 3.63) is 0 Å². The molecule has 1 unspecified atom stereocenters. The summed E-state index contributed by atoms with van der Waals surface area (Å²) in [7, 11) is 1.53. The summed E-state index contributed by atoms with van der Waals surface area (Å²) < 4.78 is 4.90. The van der Waals surface area contributed by atoms with Gasteiger partial charge in [-0.05, 0) is 6.42 Å². The Kier molecular flexibility index (Phi) is 8.29. The van der Waals surface area contributed by atoms with Crippen LogP contribution in [0.4, 0.5) is 4.79 Å². The van der Waals surface area contributed by atoms with Crippen LogP contribution in [0.3, 0.4) is 0 Å². The van der Waals surface area contributed by atoms with Gasteiger partial charge in [0, 0.05) is 7.11 Å². The molecule has 104 valence electrons. The minimum Gasteiger partial charge on any atom is -0.480 e. The maximum absolute atomic E-state index is 11.4. The van der Waals surface area contributed by atoms with Crippen LogP contribution in [0.15, 0.2) is 0 Å². The molecule has 4 N–H and O–H groups in total. The fourth-order valence-corrected chi connectivity index (χ4v) is 1.10. The number of carboxylic acid groups (broad SMARTS) is 1. The fraction of sp³-hybridized carbons (Fsp3) is 0.700. The van der Waals surface area contributed by atoms with Crippen molar-refractivity contribution in [2.75, 3.05) is 26.8 Å². The largest absolute Gasteiger partial charge is 0.480 e. The first kappa shape index (κ1) is 16.2. The highest BCUT2D eigenvalue weighted by molar-refractivity contribution is 5.86. The Balaban J connectivity index is 3.81. The fourth-order valence-electron chi connectivity index (χ4n) is 1.10. The Labute approximate surface area is 105 Å². The maximum atomic E-state index is 11.4. The maximum Gasteiger partial charge on any atom is 0.322 e. The number of carbonyl (C=O) groups excluding carboxylic acids is 2. The first-order chi connectivity index (χ1) is 8.49. The van der Waals surface area contributed by atoms with Crippen LogP contribution in [0.25, 0.3) is 0 Å². The molecule has 0 saturated heterocycles. The van der Waals surface area contributed by atoms with Crippen molar-refractivity contribution in [3.63, 3.8) is 0 Å². The standard InChI is InChI=1S/C10H19N3O5/c1-3-7(6-18-2)13-10(17)12-4-8(14)11-5-9(15)16/h7H,3-6H2,1-2H3,(H,11,14)(H,15,16)(H2,12,13,17). The lowest BCUT2D eigenvalue weighted by atomic mass is 10.2. The second-order valence-electron chi connectivity index (χ2n) is 3.56. The molecule has 0 aromatic carbocycles. The van der Waals surface area contributed by atoms with E-state index in [1.54, 1.807) is 0 Å². The van der Waals surface area contributed by atoms with Crippen molar-refractivity contribution in [2.24, 2.45) is 0 Å². The van der Waals surface area contributed by atoms with Crippen molar-refractivity contribution < 1.29 is 24.2 Å². The van der Waals surface area contributed by atoms with Crippen LogP contribution < -0.4 is 16.0 Å². The summed E-state index contributed by atoms with van der Waals surface area (Å²) in [6, 6.07) is -0.624. The van der Waals surface area contributed by atoms with Gasteiger partial charge in [-0.1, -0.05) is 6.92 Å². The van der Waals surface area contributed by atoms with Gasteiger partial charge in [0.25, 0.3) is 0 Å². The van der Waals surface area contributed by atoms with Gasteiger partial charge >= 0.3 is 12.0 Å². The molecular formula is C10H19N3O5. The zero-order chi connectivity index (χ0) is 14.0. The predicted molar refractivity (Wildman–Crippen MR) is 63.1 cm³/mol. The smallest absolute Gasteiger partial charge is 0.322 e. The number of hydrogen-bond donors (Lipinski definition) is 4. The van der Waals surface area contributed by atoms with E-state index in [0.717, 1.165) is 0 Å². The molecule has 1 atom stereocenters. The average molecular weight is 261 g/mol. The van der Waals surface area contributed by atoms with E-state index in [4.69, 9.17) is 9.84 Å². The molecule has 0 rings (SSSR count). The van der Waals surface area contributed by atoms with Crippen LogP contribution in [-0.2, 0) is 14.3 Å². The molecule has 0 bridgehead atoms. The van der Waals surface area contributed by atoms with Gasteiger partial charge in [0.05, 0.1) is 19.2 Å². The first-order valence-electron chi connectivity index (χ1n) is 5.51. The van der Waals surface area contributed by atoms with Crippen molar-refractivity contribution >= 4 is 17.9 Å². The zero-order valence-corrected chi connectivity index (χ0v) is 10.5. The number of amides is 3. The number of hydrogen-bond acceptors (Lipinski definition) is 4. The van der Waals surface area contributed by atoms with Gasteiger partial charge in [0.15, 0.2) is 0 Å². The van der Waals surface area contributed by atoms with Gasteiger partial charge in [0.2, 0.25) is 5.91 Å². The minimum absolute atomic E-state index is 0.128. The van der Waals surface area contributed by atoms with Crippen molar-refractivity contribution in [1.82, 2.24) is 16.0 Å². The minimum atomic E-state index is -1.14. The molecule has 18 heavy (non-hydrogen) atoms. The number of urea groups is 1. The molecule has 0 heterocycles. The lowest BCUT2D eigenvalue weighted by Crippen LogP contribution is -2.47. The molecule has 0 aliphatic carbocycles. The summed E-state index contributed by atoms with van der Waals surface area (Å²) in [6.45, 7) is 1.53. The third-order valence-corrected chi connectivity index (χ3v) is 2.04. The van der Waals surface area contributed by atoms with Crippen molar-refractivity contribution in [2.45, 2.75) is 19.4 Å². The van der Waals surface area contributed by atoms with E-state index >= 15 is 0 Å². The molecule has 0 radical (unpaired) electrons. The number of nitrogens with one attached hydrogen (secondary N) is 3.